The zero-order chi connectivity index (χ0) is 25.2. The van der Waals surface area contributed by atoms with Gasteiger partial charge in [0, 0.05) is 11.8 Å². The Morgan fingerprint density at radius 3 is 2.30 bits per heavy atom. The van der Waals surface area contributed by atoms with E-state index in [1.807, 2.05) is 91.1 Å². The quantitative estimate of drug-likeness (QED) is 0.271. The van der Waals surface area contributed by atoms with Crippen molar-refractivity contribution in [2.75, 3.05) is 7.11 Å². The molecule has 0 radical (unpaired) electrons. The summed E-state index contributed by atoms with van der Waals surface area (Å²) in [5.41, 5.74) is 4.62. The Morgan fingerprint density at radius 1 is 0.838 bits per heavy atom. The van der Waals surface area contributed by atoms with E-state index in [9.17, 15) is 4.79 Å². The van der Waals surface area contributed by atoms with Gasteiger partial charge in [0.2, 0.25) is 0 Å². The van der Waals surface area contributed by atoms with E-state index in [-0.39, 0.29) is 11.8 Å². The average Bonchev–Trinajstić information content (AvgIpc) is 3.55. The lowest BCUT2D eigenvalue weighted by atomic mass is 10.1. The van der Waals surface area contributed by atoms with E-state index in [1.54, 1.807) is 16.2 Å². The second-order valence-electron chi connectivity index (χ2n) is 9.47. The largest absolute Gasteiger partial charge is 0.493 e. The summed E-state index contributed by atoms with van der Waals surface area (Å²) in [6, 6.07) is 27.7. The zero-order valence-corrected chi connectivity index (χ0v) is 20.8. The van der Waals surface area contributed by atoms with Crippen LogP contribution in [0, 0.1) is 0 Å². The number of aromatic nitrogens is 3. The van der Waals surface area contributed by atoms with Crippen LogP contribution in [-0.4, -0.2) is 27.3 Å². The molecule has 0 amide bonds. The van der Waals surface area contributed by atoms with E-state index in [1.165, 1.54) is 12.8 Å². The molecule has 5 aromatic rings. The molecule has 2 heterocycles. The molecule has 0 spiro atoms. The minimum Gasteiger partial charge on any atom is -0.493 e. The third kappa shape index (κ3) is 4.51. The second kappa shape index (κ2) is 9.97. The molecule has 3 aromatic carbocycles. The Morgan fingerprint density at radius 2 is 1.57 bits per heavy atom. The predicted molar refractivity (Wildman–Crippen MR) is 146 cm³/mol. The number of nitrogens with zero attached hydrogens (tertiary/aromatic N) is 3. The van der Waals surface area contributed by atoms with Gasteiger partial charge >= 0.3 is 5.69 Å². The van der Waals surface area contributed by atoms with Gasteiger partial charge in [-0.15, -0.1) is 0 Å². The van der Waals surface area contributed by atoms with Crippen LogP contribution in [0.3, 0.4) is 0 Å². The molecule has 6 rings (SSSR count). The van der Waals surface area contributed by atoms with Gasteiger partial charge in [-0.3, -0.25) is 4.57 Å². The molecule has 1 saturated carbocycles. The number of ether oxygens (including phenoxy) is 2. The minimum atomic E-state index is -0.109. The fourth-order valence-electron chi connectivity index (χ4n) is 5.17. The highest BCUT2D eigenvalue weighted by Gasteiger charge is 2.19. The molecule has 0 bridgehead atoms. The Labute approximate surface area is 215 Å². The van der Waals surface area contributed by atoms with Gasteiger partial charge in [-0.05, 0) is 73.2 Å². The normalized spacial score (nSPS) is 13.8. The van der Waals surface area contributed by atoms with Crippen molar-refractivity contribution < 1.29 is 9.47 Å². The summed E-state index contributed by atoms with van der Waals surface area (Å²) < 4.78 is 15.3. The molecule has 37 heavy (non-hydrogen) atoms. The number of imidazole rings is 1. The van der Waals surface area contributed by atoms with Crippen LogP contribution in [0.2, 0.25) is 0 Å². The van der Waals surface area contributed by atoms with Gasteiger partial charge in [-0.1, -0.05) is 48.5 Å². The summed E-state index contributed by atoms with van der Waals surface area (Å²) in [5, 5.41) is 0. The Hall–Kier alpha value is -4.32. The van der Waals surface area contributed by atoms with Gasteiger partial charge in [0.25, 0.3) is 0 Å². The standard InChI is InChI=1S/C31H29N3O3/c1-36-28-17-15-23(19-29(28)37-25-11-5-6-12-25)24-16-18-30(32-20-24)34-27-14-8-7-13-26(27)33(31(34)35)21-22-9-3-2-4-10-22/h2-4,7-10,13-20,25H,5-6,11-12,21H2,1H3. The van der Waals surface area contributed by atoms with Crippen LogP contribution in [0.4, 0.5) is 0 Å². The molecule has 0 aliphatic heterocycles. The summed E-state index contributed by atoms with van der Waals surface area (Å²) in [6.07, 6.45) is 6.63. The molecule has 0 N–H and O–H groups in total. The van der Waals surface area contributed by atoms with E-state index in [4.69, 9.17) is 14.5 Å². The maximum atomic E-state index is 13.6. The molecule has 1 aliphatic rings. The first-order valence-electron chi connectivity index (χ1n) is 12.8. The fourth-order valence-corrected chi connectivity index (χ4v) is 5.17. The molecule has 6 heteroatoms. The molecule has 186 valence electrons. The van der Waals surface area contributed by atoms with Gasteiger partial charge < -0.3 is 9.47 Å². The first-order chi connectivity index (χ1) is 18.2. The van der Waals surface area contributed by atoms with Crippen molar-refractivity contribution in [1.82, 2.24) is 14.1 Å². The first kappa shape index (κ1) is 23.1. The lowest BCUT2D eigenvalue weighted by Crippen LogP contribution is -2.24. The number of pyridine rings is 1. The van der Waals surface area contributed by atoms with Crippen molar-refractivity contribution in [3.8, 4) is 28.4 Å². The van der Waals surface area contributed by atoms with Crippen molar-refractivity contribution in [3.05, 3.63) is 107 Å². The van der Waals surface area contributed by atoms with Crippen molar-refractivity contribution in [3.63, 3.8) is 0 Å². The SMILES string of the molecule is COc1ccc(-c2ccc(-n3c(=O)n(Cc4ccccc4)c4ccccc43)nc2)cc1OC1CCCC1. The van der Waals surface area contributed by atoms with Gasteiger partial charge in [0.15, 0.2) is 11.5 Å². The van der Waals surface area contributed by atoms with Gasteiger partial charge in [0.1, 0.15) is 5.82 Å². The highest BCUT2D eigenvalue weighted by Crippen LogP contribution is 2.35. The monoisotopic (exact) mass is 491 g/mol. The average molecular weight is 492 g/mol. The number of hydrogen-bond acceptors (Lipinski definition) is 4. The Kier molecular flexibility index (Phi) is 6.23. The molecule has 6 nitrogen and oxygen atoms in total. The Bertz CT molecular complexity index is 1580. The number of para-hydroxylation sites is 2. The first-order valence-corrected chi connectivity index (χ1v) is 12.8. The summed E-state index contributed by atoms with van der Waals surface area (Å²) in [4.78, 5) is 18.3. The van der Waals surface area contributed by atoms with Crippen molar-refractivity contribution in [2.24, 2.45) is 0 Å². The second-order valence-corrected chi connectivity index (χ2v) is 9.47. The van der Waals surface area contributed by atoms with Crippen LogP contribution in [0.5, 0.6) is 11.5 Å². The number of methoxy groups -OCH3 is 1. The summed E-state index contributed by atoms with van der Waals surface area (Å²) in [6.45, 7) is 0.501. The molecule has 1 aliphatic carbocycles. The molecule has 1 fully saturated rings. The van der Waals surface area contributed by atoms with Crippen LogP contribution in [0.25, 0.3) is 28.0 Å². The zero-order valence-electron chi connectivity index (χ0n) is 20.8. The van der Waals surface area contributed by atoms with E-state index in [2.05, 4.69) is 0 Å². The molecule has 0 atom stereocenters. The maximum Gasteiger partial charge on any atom is 0.335 e. The summed E-state index contributed by atoms with van der Waals surface area (Å²) >= 11 is 0. The smallest absolute Gasteiger partial charge is 0.335 e. The van der Waals surface area contributed by atoms with Gasteiger partial charge in [0.05, 0.1) is 30.8 Å². The molecule has 0 unspecified atom stereocenters. The van der Waals surface area contributed by atoms with E-state index < -0.39 is 0 Å². The maximum absolute atomic E-state index is 13.6. The van der Waals surface area contributed by atoms with E-state index >= 15 is 0 Å². The summed E-state index contributed by atoms with van der Waals surface area (Å²) in [7, 11) is 1.67. The Balaban J connectivity index is 1.35. The van der Waals surface area contributed by atoms with E-state index in [0.29, 0.717) is 12.4 Å². The lowest BCUT2D eigenvalue weighted by Gasteiger charge is -2.17. The highest BCUT2D eigenvalue weighted by molar-refractivity contribution is 5.78. The highest BCUT2D eigenvalue weighted by atomic mass is 16.5. The molecule has 2 aromatic heterocycles. The van der Waals surface area contributed by atoms with Crippen LogP contribution < -0.4 is 15.2 Å². The molecular weight excluding hydrogens is 462 g/mol. The third-order valence-electron chi connectivity index (χ3n) is 7.09. The van der Waals surface area contributed by atoms with Gasteiger partial charge in [-0.25, -0.2) is 14.3 Å². The number of fused-ring (bicyclic) bond motifs is 1. The van der Waals surface area contributed by atoms with Crippen molar-refractivity contribution >= 4 is 11.0 Å². The van der Waals surface area contributed by atoms with Crippen LogP contribution in [0.15, 0.2) is 95.9 Å². The minimum absolute atomic E-state index is 0.109. The number of hydrogen-bond donors (Lipinski definition) is 0. The molecular formula is C31H29N3O3. The van der Waals surface area contributed by atoms with Gasteiger partial charge in [-0.2, -0.15) is 0 Å². The summed E-state index contributed by atoms with van der Waals surface area (Å²) in [5.74, 6) is 2.09. The fraction of sp³-hybridized carbons (Fsp3) is 0.226. The topological polar surface area (TPSA) is 58.3 Å². The predicted octanol–water partition coefficient (Wildman–Crippen LogP) is 6.23. The lowest BCUT2D eigenvalue weighted by molar-refractivity contribution is 0.201. The molecule has 0 saturated heterocycles. The van der Waals surface area contributed by atoms with E-state index in [0.717, 1.165) is 52.1 Å². The number of rotatable bonds is 7. The van der Waals surface area contributed by atoms with Crippen LogP contribution in [0.1, 0.15) is 31.2 Å². The third-order valence-corrected chi connectivity index (χ3v) is 7.09. The van der Waals surface area contributed by atoms with Crippen molar-refractivity contribution in [2.45, 2.75) is 38.3 Å². The van der Waals surface area contributed by atoms with Crippen LogP contribution >= 0.6 is 0 Å². The number of benzene rings is 3. The van der Waals surface area contributed by atoms with Crippen molar-refractivity contribution in [1.29, 1.82) is 0 Å². The van der Waals surface area contributed by atoms with Crippen LogP contribution in [-0.2, 0) is 6.54 Å².